The number of aryl methyl sites for hydroxylation is 1. The fourth-order valence-corrected chi connectivity index (χ4v) is 3.90. The van der Waals surface area contributed by atoms with E-state index in [1.807, 2.05) is 43.3 Å². The number of amides is 1. The van der Waals surface area contributed by atoms with Gasteiger partial charge in [0.1, 0.15) is 29.6 Å². The minimum atomic E-state index is -0.239. The van der Waals surface area contributed by atoms with Crippen LogP contribution < -0.4 is 10.1 Å². The van der Waals surface area contributed by atoms with Crippen molar-refractivity contribution in [2.45, 2.75) is 32.4 Å². The summed E-state index contributed by atoms with van der Waals surface area (Å²) in [7, 11) is 0. The molecular formula is C23H25BrN2O4. The molecule has 3 heterocycles. The molecule has 2 aromatic heterocycles. The molecule has 1 aromatic carbocycles. The SMILES string of the molecule is Cc1ccc(C(CNC(=O)c2ccc(COc3ccc(Br)cc3)o2)N2CCCC2)o1. The van der Waals surface area contributed by atoms with Crippen LogP contribution in [0.2, 0.25) is 0 Å². The lowest BCUT2D eigenvalue weighted by Gasteiger charge is -2.25. The summed E-state index contributed by atoms with van der Waals surface area (Å²) in [6.45, 7) is 4.69. The number of ether oxygens (including phenoxy) is 1. The van der Waals surface area contributed by atoms with Gasteiger partial charge in [0.15, 0.2) is 5.76 Å². The van der Waals surface area contributed by atoms with Gasteiger partial charge in [-0.05, 0) is 81.4 Å². The molecule has 0 spiro atoms. The molecule has 1 atom stereocenters. The molecule has 1 aliphatic heterocycles. The molecule has 1 N–H and O–H groups in total. The summed E-state index contributed by atoms with van der Waals surface area (Å²) in [6, 6.07) is 15.0. The average Bonchev–Trinajstić information content (AvgIpc) is 3.50. The first-order chi connectivity index (χ1) is 14.6. The summed E-state index contributed by atoms with van der Waals surface area (Å²) in [4.78, 5) is 15.0. The zero-order valence-corrected chi connectivity index (χ0v) is 18.5. The molecule has 3 aromatic rings. The Hall–Kier alpha value is -2.51. The number of nitrogens with zero attached hydrogens (tertiary/aromatic N) is 1. The van der Waals surface area contributed by atoms with E-state index in [1.165, 1.54) is 12.8 Å². The Balaban J connectivity index is 1.34. The standard InChI is InChI=1S/C23H25BrN2O4/c1-16-4-10-21(29-16)20(26-12-2-3-13-26)14-25-23(27)22-11-9-19(30-22)15-28-18-7-5-17(24)6-8-18/h4-11,20H,2-3,12-15H2,1H3,(H,25,27). The molecule has 1 fully saturated rings. The summed E-state index contributed by atoms with van der Waals surface area (Å²) >= 11 is 3.40. The number of nitrogens with one attached hydrogen (secondary N) is 1. The van der Waals surface area contributed by atoms with Crippen molar-refractivity contribution in [3.63, 3.8) is 0 Å². The van der Waals surface area contributed by atoms with Crippen LogP contribution in [0.25, 0.3) is 0 Å². The van der Waals surface area contributed by atoms with Crippen LogP contribution in [0.1, 0.15) is 46.7 Å². The minimum absolute atomic E-state index is 0.0281. The van der Waals surface area contributed by atoms with Crippen LogP contribution in [0.15, 0.2) is 61.8 Å². The van der Waals surface area contributed by atoms with Crippen molar-refractivity contribution in [3.8, 4) is 5.75 Å². The van der Waals surface area contributed by atoms with E-state index < -0.39 is 0 Å². The second kappa shape index (κ2) is 9.53. The Kier molecular flexibility index (Phi) is 6.59. The number of hydrogen-bond donors (Lipinski definition) is 1. The van der Waals surface area contributed by atoms with Gasteiger partial charge in [0.2, 0.25) is 0 Å². The van der Waals surface area contributed by atoms with Crippen LogP contribution in [0.4, 0.5) is 0 Å². The van der Waals surface area contributed by atoms with E-state index in [-0.39, 0.29) is 24.3 Å². The zero-order chi connectivity index (χ0) is 20.9. The van der Waals surface area contributed by atoms with Gasteiger partial charge in [-0.25, -0.2) is 0 Å². The predicted octanol–water partition coefficient (Wildman–Crippen LogP) is 5.09. The van der Waals surface area contributed by atoms with E-state index in [2.05, 4.69) is 26.1 Å². The molecule has 0 radical (unpaired) electrons. The topological polar surface area (TPSA) is 67.8 Å². The van der Waals surface area contributed by atoms with Crippen molar-refractivity contribution in [2.75, 3.05) is 19.6 Å². The Bertz CT molecular complexity index is 973. The Morgan fingerprint density at radius 1 is 1.10 bits per heavy atom. The molecule has 1 unspecified atom stereocenters. The molecule has 1 aliphatic rings. The van der Waals surface area contributed by atoms with E-state index in [0.717, 1.165) is 34.8 Å². The summed E-state index contributed by atoms with van der Waals surface area (Å²) in [6.07, 6.45) is 2.34. The number of benzene rings is 1. The van der Waals surface area contributed by atoms with Crippen LogP contribution in [-0.4, -0.2) is 30.4 Å². The number of likely N-dealkylation sites (tertiary alicyclic amines) is 1. The minimum Gasteiger partial charge on any atom is -0.486 e. The number of carbonyl (C=O) groups excluding carboxylic acids is 1. The molecular weight excluding hydrogens is 448 g/mol. The molecule has 0 aliphatic carbocycles. The van der Waals surface area contributed by atoms with Crippen LogP contribution in [-0.2, 0) is 6.61 Å². The molecule has 1 amide bonds. The lowest BCUT2D eigenvalue weighted by molar-refractivity contribution is 0.0902. The molecule has 0 saturated carbocycles. The van der Waals surface area contributed by atoms with Crippen LogP contribution in [0.3, 0.4) is 0 Å². The van der Waals surface area contributed by atoms with Gasteiger partial charge >= 0.3 is 0 Å². The van der Waals surface area contributed by atoms with Crippen LogP contribution >= 0.6 is 15.9 Å². The Morgan fingerprint density at radius 2 is 1.87 bits per heavy atom. The fraction of sp³-hybridized carbons (Fsp3) is 0.348. The Labute approximate surface area is 184 Å². The number of halogens is 1. The van der Waals surface area contributed by atoms with Gasteiger partial charge in [-0.3, -0.25) is 9.69 Å². The summed E-state index contributed by atoms with van der Waals surface area (Å²) < 4.78 is 18.2. The summed E-state index contributed by atoms with van der Waals surface area (Å²) in [5.74, 6) is 3.14. The van der Waals surface area contributed by atoms with E-state index >= 15 is 0 Å². The number of hydrogen-bond acceptors (Lipinski definition) is 5. The number of furan rings is 2. The highest BCUT2D eigenvalue weighted by molar-refractivity contribution is 9.10. The van der Waals surface area contributed by atoms with Gasteiger partial charge in [0.05, 0.1) is 6.04 Å². The largest absolute Gasteiger partial charge is 0.486 e. The van der Waals surface area contributed by atoms with Crippen molar-refractivity contribution in [3.05, 3.63) is 76.0 Å². The maximum atomic E-state index is 12.6. The highest BCUT2D eigenvalue weighted by Gasteiger charge is 2.27. The van der Waals surface area contributed by atoms with E-state index in [0.29, 0.717) is 12.3 Å². The molecule has 0 bridgehead atoms. The van der Waals surface area contributed by atoms with Gasteiger partial charge < -0.3 is 18.9 Å². The van der Waals surface area contributed by atoms with E-state index in [9.17, 15) is 4.79 Å². The number of rotatable bonds is 8. The lowest BCUT2D eigenvalue weighted by atomic mass is 10.2. The van der Waals surface area contributed by atoms with Crippen LogP contribution in [0, 0.1) is 6.92 Å². The molecule has 30 heavy (non-hydrogen) atoms. The maximum absolute atomic E-state index is 12.6. The Morgan fingerprint density at radius 3 is 2.57 bits per heavy atom. The third-order valence-corrected chi connectivity index (χ3v) is 5.74. The normalized spacial score (nSPS) is 15.3. The second-order valence-electron chi connectivity index (χ2n) is 7.43. The van der Waals surface area contributed by atoms with Gasteiger partial charge in [-0.15, -0.1) is 0 Å². The van der Waals surface area contributed by atoms with Crippen molar-refractivity contribution in [2.24, 2.45) is 0 Å². The summed E-state index contributed by atoms with van der Waals surface area (Å²) in [5, 5.41) is 3.00. The van der Waals surface area contributed by atoms with Gasteiger partial charge in [0.25, 0.3) is 5.91 Å². The van der Waals surface area contributed by atoms with Crippen molar-refractivity contribution < 1.29 is 18.4 Å². The smallest absolute Gasteiger partial charge is 0.287 e. The first-order valence-corrected chi connectivity index (χ1v) is 10.9. The third-order valence-electron chi connectivity index (χ3n) is 5.21. The molecule has 4 rings (SSSR count). The molecule has 7 heteroatoms. The van der Waals surface area contributed by atoms with Gasteiger partial charge in [-0.1, -0.05) is 15.9 Å². The number of carbonyl (C=O) groups is 1. The van der Waals surface area contributed by atoms with Gasteiger partial charge in [0, 0.05) is 11.0 Å². The molecule has 1 saturated heterocycles. The van der Waals surface area contributed by atoms with Crippen LogP contribution in [0.5, 0.6) is 5.75 Å². The van der Waals surface area contributed by atoms with E-state index in [4.69, 9.17) is 13.6 Å². The molecule has 158 valence electrons. The summed E-state index contributed by atoms with van der Waals surface area (Å²) in [5.41, 5.74) is 0. The highest BCUT2D eigenvalue weighted by Crippen LogP contribution is 2.26. The predicted molar refractivity (Wildman–Crippen MR) is 117 cm³/mol. The lowest BCUT2D eigenvalue weighted by Crippen LogP contribution is -2.36. The monoisotopic (exact) mass is 472 g/mol. The van der Waals surface area contributed by atoms with E-state index in [1.54, 1.807) is 12.1 Å². The third kappa shape index (κ3) is 5.15. The van der Waals surface area contributed by atoms with Crippen molar-refractivity contribution in [1.29, 1.82) is 0 Å². The highest BCUT2D eigenvalue weighted by atomic mass is 79.9. The fourth-order valence-electron chi connectivity index (χ4n) is 3.63. The first kappa shape index (κ1) is 20.8. The van der Waals surface area contributed by atoms with Crippen molar-refractivity contribution >= 4 is 21.8 Å². The quantitative estimate of drug-likeness (QED) is 0.494. The first-order valence-electron chi connectivity index (χ1n) is 10.1. The second-order valence-corrected chi connectivity index (χ2v) is 8.34. The zero-order valence-electron chi connectivity index (χ0n) is 16.9. The van der Waals surface area contributed by atoms with Gasteiger partial charge in [-0.2, -0.15) is 0 Å². The van der Waals surface area contributed by atoms with Crippen molar-refractivity contribution in [1.82, 2.24) is 10.2 Å². The molecule has 6 nitrogen and oxygen atoms in total. The average molecular weight is 473 g/mol. The maximum Gasteiger partial charge on any atom is 0.287 e.